The van der Waals surface area contributed by atoms with Gasteiger partial charge in [0.15, 0.2) is 0 Å². The van der Waals surface area contributed by atoms with Crippen molar-refractivity contribution in [3.63, 3.8) is 0 Å². The molecule has 0 radical (unpaired) electrons. The minimum absolute atomic E-state index is 0.0772. The molecular weight excluding hydrogens is 465 g/mol. The zero-order chi connectivity index (χ0) is 25.5. The van der Waals surface area contributed by atoms with Crippen molar-refractivity contribution >= 4 is 31.3 Å². The fraction of sp³-hybridized carbons (Fsp3) is 0.818. The molecule has 5 atom stereocenters. The average molecular weight is 504 g/mol. The van der Waals surface area contributed by atoms with Gasteiger partial charge in [0.1, 0.15) is 24.0 Å². The lowest BCUT2D eigenvalue weighted by atomic mass is 9.84. The Kier molecular flexibility index (Phi) is 10.5. The zero-order valence-electron chi connectivity index (χ0n) is 20.5. The summed E-state index contributed by atoms with van der Waals surface area (Å²) in [4.78, 5) is 50.5. The number of hydrogen-bond acceptors (Lipinski definition) is 7. The molecule has 3 amide bonds. The van der Waals surface area contributed by atoms with Crippen molar-refractivity contribution in [2.45, 2.75) is 96.1 Å². The second-order valence-electron chi connectivity index (χ2n) is 9.02. The molecule has 12 heteroatoms. The third kappa shape index (κ3) is 7.02. The van der Waals surface area contributed by atoms with E-state index < -0.39 is 49.4 Å². The maximum Gasteiger partial charge on any atom is 0.353 e. The van der Waals surface area contributed by atoms with Crippen LogP contribution in [0.5, 0.6) is 0 Å². The molecule has 0 bridgehead atoms. The first-order chi connectivity index (χ1) is 16.0. The standard InChI is InChI=1S/C22H38N3O8P/c1-5-6-12-18(24-19(26)14(2)23-20(27)16-9-7-10-16)34(31,32-4)33-15(3)21(28)25-13-8-11-17(25)22(29)30/h14-18H,5-13H2,1-4H3,(H,23,27)(H,24,26)(H,29,30)/t14?,15?,17-,18-,34?/m0/s1. The summed E-state index contributed by atoms with van der Waals surface area (Å²) in [6.45, 7) is 5.15. The summed E-state index contributed by atoms with van der Waals surface area (Å²) in [6, 6.07) is -1.79. The van der Waals surface area contributed by atoms with Crippen molar-refractivity contribution in [1.29, 1.82) is 0 Å². The van der Waals surface area contributed by atoms with E-state index in [1.54, 1.807) is 6.92 Å². The minimum Gasteiger partial charge on any atom is -0.480 e. The highest BCUT2D eigenvalue weighted by Gasteiger charge is 2.43. The van der Waals surface area contributed by atoms with Gasteiger partial charge in [-0.1, -0.05) is 26.2 Å². The number of carbonyl (C=O) groups is 4. The highest BCUT2D eigenvalue weighted by molar-refractivity contribution is 7.54. The van der Waals surface area contributed by atoms with Crippen molar-refractivity contribution in [3.8, 4) is 0 Å². The topological polar surface area (TPSA) is 151 Å². The summed E-state index contributed by atoms with van der Waals surface area (Å²) in [5.74, 6) is -3.51. The Morgan fingerprint density at radius 1 is 1.12 bits per heavy atom. The monoisotopic (exact) mass is 503 g/mol. The van der Waals surface area contributed by atoms with Gasteiger partial charge in [0.05, 0.1) is 0 Å². The van der Waals surface area contributed by atoms with E-state index in [2.05, 4.69) is 10.6 Å². The number of rotatable bonds is 13. The van der Waals surface area contributed by atoms with Crippen LogP contribution < -0.4 is 10.6 Å². The predicted molar refractivity (Wildman–Crippen MR) is 124 cm³/mol. The van der Waals surface area contributed by atoms with Crippen LogP contribution in [0.2, 0.25) is 0 Å². The lowest BCUT2D eigenvalue weighted by Gasteiger charge is -2.31. The van der Waals surface area contributed by atoms with Gasteiger partial charge in [0.2, 0.25) is 11.8 Å². The summed E-state index contributed by atoms with van der Waals surface area (Å²) in [5.41, 5.74) is 0. The maximum absolute atomic E-state index is 13.6. The molecule has 0 aromatic rings. The molecule has 194 valence electrons. The Hall–Kier alpha value is -1.97. The normalized spacial score (nSPS) is 22.7. The predicted octanol–water partition coefficient (Wildman–Crippen LogP) is 2.24. The second-order valence-corrected chi connectivity index (χ2v) is 11.3. The maximum atomic E-state index is 13.6. The number of likely N-dealkylation sites (tertiary alicyclic amines) is 1. The Labute approximate surface area is 200 Å². The summed E-state index contributed by atoms with van der Waals surface area (Å²) in [5, 5.41) is 14.7. The smallest absolute Gasteiger partial charge is 0.353 e. The van der Waals surface area contributed by atoms with E-state index in [4.69, 9.17) is 9.05 Å². The van der Waals surface area contributed by atoms with Gasteiger partial charge >= 0.3 is 13.6 Å². The molecule has 1 saturated heterocycles. The van der Waals surface area contributed by atoms with E-state index in [-0.39, 0.29) is 24.8 Å². The van der Waals surface area contributed by atoms with Gasteiger partial charge in [0, 0.05) is 19.6 Å². The van der Waals surface area contributed by atoms with Crippen LogP contribution in [0.1, 0.15) is 72.1 Å². The quantitative estimate of drug-likeness (QED) is 0.324. The first-order valence-electron chi connectivity index (χ1n) is 12.0. The van der Waals surface area contributed by atoms with Gasteiger partial charge in [-0.3, -0.25) is 23.5 Å². The van der Waals surface area contributed by atoms with Crippen molar-refractivity contribution in [2.24, 2.45) is 5.92 Å². The van der Waals surface area contributed by atoms with Crippen LogP contribution in [0, 0.1) is 5.92 Å². The summed E-state index contributed by atoms with van der Waals surface area (Å²) in [6.07, 6.45) is 3.91. The molecule has 1 saturated carbocycles. The number of aliphatic carboxylic acids is 1. The van der Waals surface area contributed by atoms with E-state index in [1.165, 1.54) is 18.9 Å². The Bertz CT molecular complexity index is 803. The molecule has 1 aliphatic heterocycles. The SMILES string of the molecule is CCCC[C@@H](NC(=O)C(C)NC(=O)C1CCC1)P(=O)(OC)OC(C)C(=O)N1CCC[C@H]1C(=O)O. The average Bonchev–Trinajstić information content (AvgIpc) is 3.24. The number of nitrogens with zero attached hydrogens (tertiary/aromatic N) is 1. The number of carboxylic acids is 1. The number of carboxylic acid groups (broad SMARTS) is 1. The van der Waals surface area contributed by atoms with Crippen molar-refractivity contribution in [2.75, 3.05) is 13.7 Å². The van der Waals surface area contributed by atoms with Gasteiger partial charge < -0.3 is 25.2 Å². The van der Waals surface area contributed by atoms with Crippen LogP contribution >= 0.6 is 7.60 Å². The van der Waals surface area contributed by atoms with E-state index in [9.17, 15) is 28.8 Å². The first kappa shape index (κ1) is 28.3. The number of unbranched alkanes of at least 4 members (excludes halogenated alkanes) is 1. The van der Waals surface area contributed by atoms with Crippen LogP contribution in [0.4, 0.5) is 0 Å². The van der Waals surface area contributed by atoms with Crippen LogP contribution in [-0.4, -0.2) is 71.3 Å². The Balaban J connectivity index is 2.08. The second kappa shape index (κ2) is 12.7. The lowest BCUT2D eigenvalue weighted by molar-refractivity contribution is -0.151. The van der Waals surface area contributed by atoms with Crippen molar-refractivity contribution < 1.29 is 37.9 Å². The van der Waals surface area contributed by atoms with Gasteiger partial charge in [-0.25, -0.2) is 4.79 Å². The first-order valence-corrected chi connectivity index (χ1v) is 13.6. The number of carbonyl (C=O) groups excluding carboxylic acids is 3. The van der Waals surface area contributed by atoms with E-state index >= 15 is 0 Å². The largest absolute Gasteiger partial charge is 0.480 e. The molecular formula is C22H38N3O8P. The molecule has 34 heavy (non-hydrogen) atoms. The molecule has 0 aromatic carbocycles. The van der Waals surface area contributed by atoms with Crippen LogP contribution in [0.15, 0.2) is 0 Å². The minimum atomic E-state index is -4.01. The summed E-state index contributed by atoms with van der Waals surface area (Å²) >= 11 is 0. The highest BCUT2D eigenvalue weighted by Crippen LogP contribution is 2.54. The highest BCUT2D eigenvalue weighted by atomic mass is 31.2. The van der Waals surface area contributed by atoms with Gasteiger partial charge in [-0.15, -0.1) is 0 Å². The van der Waals surface area contributed by atoms with Crippen LogP contribution in [0.25, 0.3) is 0 Å². The third-order valence-corrected chi connectivity index (χ3v) is 8.75. The fourth-order valence-corrected chi connectivity index (χ4v) is 5.90. The Morgan fingerprint density at radius 3 is 2.32 bits per heavy atom. The number of hydrogen-bond donors (Lipinski definition) is 3. The van der Waals surface area contributed by atoms with Crippen LogP contribution in [-0.2, 0) is 32.8 Å². The van der Waals surface area contributed by atoms with Crippen molar-refractivity contribution in [1.82, 2.24) is 15.5 Å². The summed E-state index contributed by atoms with van der Waals surface area (Å²) in [7, 11) is -2.83. The zero-order valence-corrected chi connectivity index (χ0v) is 21.3. The molecule has 0 aromatic heterocycles. The molecule has 1 heterocycles. The summed E-state index contributed by atoms with van der Waals surface area (Å²) < 4.78 is 24.5. The lowest BCUT2D eigenvalue weighted by Crippen LogP contribution is -2.50. The Morgan fingerprint density at radius 2 is 1.79 bits per heavy atom. The molecule has 1 aliphatic carbocycles. The molecule has 2 aliphatic rings. The van der Waals surface area contributed by atoms with E-state index in [0.29, 0.717) is 19.3 Å². The van der Waals surface area contributed by atoms with Crippen molar-refractivity contribution in [3.05, 3.63) is 0 Å². The van der Waals surface area contributed by atoms with Gasteiger partial charge in [-0.05, 0) is 46.0 Å². The molecule has 3 unspecified atom stereocenters. The fourth-order valence-electron chi connectivity index (χ4n) is 4.09. The van der Waals surface area contributed by atoms with Crippen LogP contribution in [0.3, 0.4) is 0 Å². The number of amides is 3. The molecule has 2 rings (SSSR count). The third-order valence-electron chi connectivity index (χ3n) is 6.48. The molecule has 11 nitrogen and oxygen atoms in total. The van der Waals surface area contributed by atoms with Gasteiger partial charge in [0.25, 0.3) is 5.91 Å². The molecule has 3 N–H and O–H groups in total. The van der Waals surface area contributed by atoms with E-state index in [0.717, 1.165) is 25.7 Å². The molecule has 0 spiro atoms. The number of nitrogens with one attached hydrogen (secondary N) is 2. The molecule has 2 fully saturated rings. The van der Waals surface area contributed by atoms with E-state index in [1.807, 2.05) is 6.92 Å². The van der Waals surface area contributed by atoms with Gasteiger partial charge in [-0.2, -0.15) is 0 Å².